The van der Waals surface area contributed by atoms with Gasteiger partial charge in [0.15, 0.2) is 0 Å². The quantitative estimate of drug-likeness (QED) is 0.716. The van der Waals surface area contributed by atoms with Crippen molar-refractivity contribution in [3.05, 3.63) is 47.5 Å². The Morgan fingerprint density at radius 1 is 1.10 bits per heavy atom. The van der Waals surface area contributed by atoms with Gasteiger partial charge in [-0.15, -0.1) is 0 Å². The predicted molar refractivity (Wildman–Crippen MR) is 115 cm³/mol. The van der Waals surface area contributed by atoms with Crippen LogP contribution in [0.2, 0.25) is 0 Å². The van der Waals surface area contributed by atoms with Crippen molar-refractivity contribution in [1.82, 2.24) is 0 Å². The summed E-state index contributed by atoms with van der Waals surface area (Å²) in [5, 5.41) is 0. The van der Waals surface area contributed by atoms with Crippen LogP contribution in [0.1, 0.15) is 30.9 Å². The van der Waals surface area contributed by atoms with Crippen LogP contribution < -0.4 is 13.8 Å². The number of ether oxygens (including phenoxy) is 1. The van der Waals surface area contributed by atoms with Crippen molar-refractivity contribution in [3.63, 3.8) is 0 Å². The molecule has 0 saturated heterocycles. The zero-order chi connectivity index (χ0) is 21.2. The van der Waals surface area contributed by atoms with E-state index >= 15 is 0 Å². The van der Waals surface area contributed by atoms with Gasteiger partial charge in [0, 0.05) is 12.2 Å². The van der Waals surface area contributed by atoms with E-state index in [2.05, 4.69) is 4.72 Å². The van der Waals surface area contributed by atoms with E-state index in [0.717, 1.165) is 11.1 Å². The summed E-state index contributed by atoms with van der Waals surface area (Å²) in [6, 6.07) is 9.93. The number of fused-ring (bicyclic) bond motifs is 1. The molecule has 7 nitrogen and oxygen atoms in total. The summed E-state index contributed by atoms with van der Waals surface area (Å²) < 4.78 is 60.2. The normalized spacial score (nSPS) is 14.4. The third-order valence-electron chi connectivity index (χ3n) is 4.81. The number of benzene rings is 2. The molecule has 0 saturated carbocycles. The Morgan fingerprint density at radius 2 is 1.86 bits per heavy atom. The second-order valence-electron chi connectivity index (χ2n) is 7.10. The van der Waals surface area contributed by atoms with Gasteiger partial charge in [0.25, 0.3) is 10.0 Å². The van der Waals surface area contributed by atoms with E-state index in [-0.39, 0.29) is 16.4 Å². The van der Waals surface area contributed by atoms with Crippen molar-refractivity contribution in [2.75, 3.05) is 28.4 Å². The Balaban J connectivity index is 1.94. The number of nitrogens with one attached hydrogen (secondary N) is 1. The van der Waals surface area contributed by atoms with E-state index in [9.17, 15) is 16.8 Å². The number of rotatable bonds is 7. The van der Waals surface area contributed by atoms with Gasteiger partial charge in [0.1, 0.15) is 10.6 Å². The molecular weight excluding hydrogens is 412 g/mol. The average Bonchev–Trinajstić information content (AvgIpc) is 2.67. The van der Waals surface area contributed by atoms with Gasteiger partial charge in [0.2, 0.25) is 10.0 Å². The highest BCUT2D eigenvalue weighted by Gasteiger charge is 2.27. The van der Waals surface area contributed by atoms with Crippen LogP contribution in [0.3, 0.4) is 0 Å². The molecule has 0 bridgehead atoms. The molecule has 1 aliphatic rings. The summed E-state index contributed by atoms with van der Waals surface area (Å²) >= 11 is 0. The lowest BCUT2D eigenvalue weighted by molar-refractivity contribution is 0.402. The van der Waals surface area contributed by atoms with Crippen molar-refractivity contribution in [1.29, 1.82) is 0 Å². The minimum Gasteiger partial charge on any atom is -0.495 e. The molecule has 0 atom stereocenters. The van der Waals surface area contributed by atoms with Crippen molar-refractivity contribution in [2.45, 2.75) is 38.0 Å². The van der Waals surface area contributed by atoms with Gasteiger partial charge in [0.05, 0.1) is 18.6 Å². The van der Waals surface area contributed by atoms with Crippen molar-refractivity contribution in [3.8, 4) is 5.75 Å². The SMILES string of the molecule is CCCS(=O)(=O)N1CCCc2cc(NS(=O)(=O)c3cc(C)ccc3OC)ccc21. The summed E-state index contributed by atoms with van der Waals surface area (Å²) in [6.07, 6.45) is 1.93. The third-order valence-corrected chi connectivity index (χ3v) is 8.19. The van der Waals surface area contributed by atoms with E-state index in [4.69, 9.17) is 4.74 Å². The number of hydrogen-bond acceptors (Lipinski definition) is 5. The van der Waals surface area contributed by atoms with Gasteiger partial charge in [-0.05, 0) is 67.6 Å². The van der Waals surface area contributed by atoms with Crippen LogP contribution in [0.5, 0.6) is 5.75 Å². The molecule has 0 unspecified atom stereocenters. The summed E-state index contributed by atoms with van der Waals surface area (Å²) in [7, 11) is -5.81. The monoisotopic (exact) mass is 438 g/mol. The van der Waals surface area contributed by atoms with Gasteiger partial charge in [-0.3, -0.25) is 9.03 Å². The van der Waals surface area contributed by atoms with Gasteiger partial charge in [-0.2, -0.15) is 0 Å². The molecule has 29 heavy (non-hydrogen) atoms. The number of methoxy groups -OCH3 is 1. The van der Waals surface area contributed by atoms with Crippen molar-refractivity contribution < 1.29 is 21.6 Å². The molecule has 3 rings (SSSR count). The summed E-state index contributed by atoms with van der Waals surface area (Å²) in [4.78, 5) is 0.0601. The number of hydrogen-bond donors (Lipinski definition) is 1. The fourth-order valence-corrected chi connectivity index (χ4v) is 6.41. The Hall–Kier alpha value is -2.26. The first kappa shape index (κ1) is 21.4. The Kier molecular flexibility index (Phi) is 6.09. The molecule has 1 aliphatic heterocycles. The number of nitrogens with zero attached hydrogens (tertiary/aromatic N) is 1. The lowest BCUT2D eigenvalue weighted by Gasteiger charge is -2.30. The van der Waals surface area contributed by atoms with Crippen LogP contribution in [0.25, 0.3) is 0 Å². The zero-order valence-electron chi connectivity index (χ0n) is 16.8. The van der Waals surface area contributed by atoms with Crippen LogP contribution in [0.4, 0.5) is 11.4 Å². The van der Waals surface area contributed by atoms with Crippen LogP contribution >= 0.6 is 0 Å². The fraction of sp³-hybridized carbons (Fsp3) is 0.400. The Morgan fingerprint density at radius 3 is 2.55 bits per heavy atom. The number of anilines is 2. The molecule has 0 radical (unpaired) electrons. The predicted octanol–water partition coefficient (Wildman–Crippen LogP) is 3.30. The van der Waals surface area contributed by atoms with Gasteiger partial charge < -0.3 is 4.74 Å². The molecule has 1 heterocycles. The van der Waals surface area contributed by atoms with Crippen LogP contribution in [-0.2, 0) is 26.5 Å². The van der Waals surface area contributed by atoms with E-state index in [0.29, 0.717) is 37.2 Å². The summed E-state index contributed by atoms with van der Waals surface area (Å²) in [6.45, 7) is 4.09. The van der Waals surface area contributed by atoms with Crippen molar-refractivity contribution in [2.24, 2.45) is 0 Å². The van der Waals surface area contributed by atoms with Gasteiger partial charge in [-0.1, -0.05) is 13.0 Å². The smallest absolute Gasteiger partial charge is 0.265 e. The topological polar surface area (TPSA) is 92.8 Å². The molecule has 158 valence electrons. The molecular formula is C20H26N2O5S2. The van der Waals surface area contributed by atoms with E-state index in [1.807, 2.05) is 13.8 Å². The van der Waals surface area contributed by atoms with E-state index in [1.54, 1.807) is 36.4 Å². The molecule has 2 aromatic rings. The van der Waals surface area contributed by atoms with Crippen LogP contribution in [-0.4, -0.2) is 36.2 Å². The maximum Gasteiger partial charge on any atom is 0.265 e. The Bertz CT molecular complexity index is 1110. The molecule has 0 amide bonds. The molecule has 0 aliphatic carbocycles. The fourth-order valence-electron chi connectivity index (χ4n) is 3.49. The standard InChI is InChI=1S/C20H26N2O5S2/c1-4-12-28(23,24)22-11-5-6-16-14-17(8-9-18(16)22)21-29(25,26)20-13-15(2)7-10-19(20)27-3/h7-10,13-14,21H,4-6,11-12H2,1-3H3. The van der Waals surface area contributed by atoms with E-state index < -0.39 is 20.0 Å². The van der Waals surface area contributed by atoms with Crippen LogP contribution in [0, 0.1) is 6.92 Å². The first-order chi connectivity index (χ1) is 13.7. The van der Waals surface area contributed by atoms with E-state index in [1.165, 1.54) is 11.4 Å². The van der Waals surface area contributed by atoms with Gasteiger partial charge >= 0.3 is 0 Å². The highest BCUT2D eigenvalue weighted by Crippen LogP contribution is 2.33. The highest BCUT2D eigenvalue weighted by molar-refractivity contribution is 7.93. The molecule has 0 aromatic heterocycles. The molecule has 2 aromatic carbocycles. The summed E-state index contributed by atoms with van der Waals surface area (Å²) in [5.74, 6) is 0.353. The molecule has 9 heteroatoms. The first-order valence-corrected chi connectivity index (χ1v) is 12.6. The summed E-state index contributed by atoms with van der Waals surface area (Å²) in [5.41, 5.74) is 2.63. The highest BCUT2D eigenvalue weighted by atomic mass is 32.2. The number of sulfonamides is 2. The van der Waals surface area contributed by atoms with Gasteiger partial charge in [-0.25, -0.2) is 16.8 Å². The maximum absolute atomic E-state index is 12.9. The molecule has 1 N–H and O–H groups in total. The lowest BCUT2D eigenvalue weighted by atomic mass is 10.0. The second-order valence-corrected chi connectivity index (χ2v) is 10.8. The molecule has 0 fully saturated rings. The largest absolute Gasteiger partial charge is 0.495 e. The lowest BCUT2D eigenvalue weighted by Crippen LogP contribution is -2.37. The number of aryl methyl sites for hydroxylation is 2. The minimum atomic E-state index is -3.86. The first-order valence-electron chi connectivity index (χ1n) is 9.49. The van der Waals surface area contributed by atoms with Crippen molar-refractivity contribution >= 4 is 31.4 Å². The maximum atomic E-state index is 12.9. The second kappa shape index (κ2) is 8.23. The average molecular weight is 439 g/mol. The third kappa shape index (κ3) is 4.51. The Labute approximate surface area is 172 Å². The zero-order valence-corrected chi connectivity index (χ0v) is 18.4. The molecule has 0 spiro atoms. The van der Waals surface area contributed by atoms with Crippen LogP contribution in [0.15, 0.2) is 41.3 Å². The minimum absolute atomic E-state index is 0.0601.